The molecule has 0 aliphatic carbocycles. The summed E-state index contributed by atoms with van der Waals surface area (Å²) >= 11 is 0. The molecule has 11 heavy (non-hydrogen) atoms. The summed E-state index contributed by atoms with van der Waals surface area (Å²) in [5.41, 5.74) is 0. The third-order valence-corrected chi connectivity index (χ3v) is 0. The Bertz CT molecular complexity index is 7.52. The Kier molecular flexibility index (Phi) is 498000. The van der Waals surface area contributed by atoms with Crippen LogP contribution in [-0.2, 0) is 16.4 Å². The van der Waals surface area contributed by atoms with Crippen molar-refractivity contribution >= 4 is 34.7 Å². The van der Waals surface area contributed by atoms with Gasteiger partial charge in [0.1, 0.15) is 0 Å². The molecule has 9 nitrogen and oxygen atoms in total. The molecule has 0 atom stereocenters. The van der Waals surface area contributed by atoms with E-state index in [0.717, 1.165) is 0 Å². The van der Waals surface area contributed by atoms with Crippen LogP contribution in [-0.4, -0.2) is 67.6 Å². The van der Waals surface area contributed by atoms with Crippen molar-refractivity contribution < 1.29 is 49.3 Å². The van der Waals surface area contributed by atoms with Gasteiger partial charge in [-0.05, 0) is 0 Å². The van der Waals surface area contributed by atoms with Crippen LogP contribution in [0.4, 0.5) is 0 Å². The van der Waals surface area contributed by atoms with Gasteiger partial charge in [0.25, 0.3) is 0 Å². The molecule has 0 saturated heterocycles. The Morgan fingerprint density at radius 3 is 0.273 bits per heavy atom. The van der Waals surface area contributed by atoms with E-state index in [1.165, 1.54) is 0 Å². The van der Waals surface area contributed by atoms with Crippen molar-refractivity contribution in [1.82, 2.24) is 0 Å². The van der Waals surface area contributed by atoms with Crippen LogP contribution >= 0.6 is 0 Å². The van der Waals surface area contributed by atoms with Crippen molar-refractivity contribution in [2.24, 2.45) is 0 Å². The van der Waals surface area contributed by atoms with Gasteiger partial charge in [-0.1, -0.05) is 0 Å². The molecule has 72 valence electrons. The molecule has 0 aliphatic rings. The van der Waals surface area contributed by atoms with E-state index in [9.17, 15) is 0 Å². The third kappa shape index (κ3) is 1630. The van der Waals surface area contributed by atoms with E-state index in [1.807, 2.05) is 0 Å². The van der Waals surface area contributed by atoms with Crippen LogP contribution in [0.1, 0.15) is 0 Å². The smallest absolute Gasteiger partial charge is 2.00 e. The maximum Gasteiger partial charge on any atom is 3.00 e. The molecule has 0 amide bonds. The SMILES string of the molecule is O.O.O.O.O.O.[Al+3].[Al+3].[O-2].[O-2].[O-2]. The molecular formula is H12Al2O9. The quantitative estimate of drug-likeness (QED) is 0.337. The molecule has 12 N–H and O–H groups in total. The minimum atomic E-state index is 0. The van der Waals surface area contributed by atoms with Crippen molar-refractivity contribution in [3.63, 3.8) is 0 Å². The number of hydrogen-bond acceptors (Lipinski definition) is 0. The first-order valence-corrected chi connectivity index (χ1v) is 0. The predicted molar refractivity (Wildman–Crippen MR) is 35.3 cm³/mol. The largest absolute Gasteiger partial charge is 3.00 e. The fraction of sp³-hybridized carbons (Fsp3) is 0. The predicted octanol–water partition coefficient (Wildman–Crippen LogP) is -6.07. The molecule has 0 saturated carbocycles. The van der Waals surface area contributed by atoms with Crippen molar-refractivity contribution in [2.45, 2.75) is 0 Å². The summed E-state index contributed by atoms with van der Waals surface area (Å²) in [6, 6.07) is 0. The van der Waals surface area contributed by atoms with Crippen LogP contribution in [0.25, 0.3) is 0 Å². The van der Waals surface area contributed by atoms with Crippen molar-refractivity contribution in [1.29, 1.82) is 0 Å². The average molecular weight is 210 g/mol. The summed E-state index contributed by atoms with van der Waals surface area (Å²) in [5.74, 6) is 0. The Morgan fingerprint density at radius 2 is 0.273 bits per heavy atom. The second kappa shape index (κ2) is 2030. The Hall–Kier alpha value is 0.705. The van der Waals surface area contributed by atoms with Crippen molar-refractivity contribution in [3.8, 4) is 0 Å². The minimum absolute atomic E-state index is 0. The van der Waals surface area contributed by atoms with Gasteiger partial charge in [0.05, 0.1) is 0 Å². The first-order chi connectivity index (χ1) is 0. The molecule has 0 heterocycles. The number of hydrogen-bond donors (Lipinski definition) is 0. The molecule has 0 aromatic heterocycles. The molecule has 0 aliphatic heterocycles. The summed E-state index contributed by atoms with van der Waals surface area (Å²) in [6.07, 6.45) is 0. The van der Waals surface area contributed by atoms with Crippen molar-refractivity contribution in [3.05, 3.63) is 0 Å². The fourth-order valence-electron chi connectivity index (χ4n) is 0. The maximum atomic E-state index is 0. The molecule has 11 heteroatoms. The van der Waals surface area contributed by atoms with E-state index in [2.05, 4.69) is 0 Å². The summed E-state index contributed by atoms with van der Waals surface area (Å²) in [6.45, 7) is 0. The van der Waals surface area contributed by atoms with E-state index in [1.54, 1.807) is 0 Å². The van der Waals surface area contributed by atoms with Gasteiger partial charge in [-0.25, -0.2) is 0 Å². The molecule has 0 radical (unpaired) electrons. The molecule has 0 rings (SSSR count). The second-order valence-electron chi connectivity index (χ2n) is 0. The van der Waals surface area contributed by atoms with E-state index in [4.69, 9.17) is 0 Å². The zero-order valence-electron chi connectivity index (χ0n) is 5.38. The Balaban J connectivity index is 0. The van der Waals surface area contributed by atoms with Gasteiger partial charge in [0.15, 0.2) is 0 Å². The van der Waals surface area contributed by atoms with Crippen LogP contribution in [0.3, 0.4) is 0 Å². The van der Waals surface area contributed by atoms with Gasteiger partial charge in [-0.15, -0.1) is 0 Å². The van der Waals surface area contributed by atoms with E-state index >= 15 is 0 Å². The fourth-order valence-corrected chi connectivity index (χ4v) is 0. The molecule has 0 aromatic carbocycles. The van der Waals surface area contributed by atoms with Crippen molar-refractivity contribution in [2.75, 3.05) is 0 Å². The zero-order chi connectivity index (χ0) is 0. The van der Waals surface area contributed by atoms with Crippen LogP contribution in [0, 0.1) is 0 Å². The topological polar surface area (TPSA) is 274 Å². The van der Waals surface area contributed by atoms with Gasteiger partial charge in [-0.2, -0.15) is 0 Å². The number of rotatable bonds is 0. The molecule has 0 fully saturated rings. The molecule has 0 bridgehead atoms. The first kappa shape index (κ1) is 2700. The van der Waals surface area contributed by atoms with Gasteiger partial charge < -0.3 is 49.3 Å². The average Bonchev–Trinajstić information content (AvgIpc) is 0. The Morgan fingerprint density at radius 1 is 0.273 bits per heavy atom. The van der Waals surface area contributed by atoms with Gasteiger partial charge in [0.2, 0.25) is 0 Å². The van der Waals surface area contributed by atoms with Crippen LogP contribution < -0.4 is 0 Å². The van der Waals surface area contributed by atoms with E-state index < -0.39 is 0 Å². The Labute approximate surface area is 84.4 Å². The van der Waals surface area contributed by atoms with Gasteiger partial charge in [0, 0.05) is 0 Å². The van der Waals surface area contributed by atoms with E-state index in [0.29, 0.717) is 0 Å². The third-order valence-electron chi connectivity index (χ3n) is 0. The summed E-state index contributed by atoms with van der Waals surface area (Å²) in [5, 5.41) is 0. The maximum absolute atomic E-state index is 0. The monoisotopic (exact) mass is 210 g/mol. The first-order valence-electron chi connectivity index (χ1n) is 0. The van der Waals surface area contributed by atoms with Crippen LogP contribution in [0.5, 0.6) is 0 Å². The zero-order valence-corrected chi connectivity index (χ0v) is 7.69. The molecular weight excluding hydrogens is 198 g/mol. The minimum Gasteiger partial charge on any atom is -2.00 e. The standard InChI is InChI=1S/2Al.6H2O.3O/h;;6*1H2;;;/q2*+3;;;;;;;3*-2. The summed E-state index contributed by atoms with van der Waals surface area (Å²) in [4.78, 5) is 0. The molecule has 0 unspecified atom stereocenters. The van der Waals surface area contributed by atoms with E-state index in [-0.39, 0.29) is 84.0 Å². The van der Waals surface area contributed by atoms with Gasteiger partial charge in [-0.3, -0.25) is 0 Å². The van der Waals surface area contributed by atoms with Crippen LogP contribution in [0.15, 0.2) is 0 Å². The normalized spacial score (nSPS) is 0. The molecule has 0 aromatic rings. The van der Waals surface area contributed by atoms with Crippen LogP contribution in [0.2, 0.25) is 0 Å². The molecule has 0 spiro atoms. The second-order valence-corrected chi connectivity index (χ2v) is 0. The summed E-state index contributed by atoms with van der Waals surface area (Å²) < 4.78 is 0. The summed E-state index contributed by atoms with van der Waals surface area (Å²) in [7, 11) is 0. The van der Waals surface area contributed by atoms with Gasteiger partial charge >= 0.3 is 34.7 Å².